The van der Waals surface area contributed by atoms with E-state index in [0.29, 0.717) is 5.25 Å². The largest absolute Gasteiger partial charge is 0.398 e. The molecule has 0 fully saturated rings. The van der Waals surface area contributed by atoms with Crippen molar-refractivity contribution in [3.05, 3.63) is 28.8 Å². The molecule has 1 unspecified atom stereocenters. The maximum Gasteiger partial charge on any atom is 0.0410 e. The Hall–Kier alpha value is -0.340. The standard InChI is InChI=1S/C9H12ClNS/c1-6(12-2)8-5-7(10)3-4-9(8)11/h3-6H,11H2,1-2H3. The van der Waals surface area contributed by atoms with Crippen molar-refractivity contribution in [1.29, 1.82) is 0 Å². The Morgan fingerprint density at radius 1 is 1.50 bits per heavy atom. The molecule has 0 spiro atoms. The number of rotatable bonds is 2. The third-order valence-corrected chi connectivity index (χ3v) is 3.04. The second-order valence-corrected chi connectivity index (χ2v) is 4.27. The SMILES string of the molecule is CSC(C)c1cc(Cl)ccc1N. The zero-order valence-corrected chi connectivity index (χ0v) is 8.75. The Kier molecular flexibility index (Phi) is 3.29. The third-order valence-electron chi connectivity index (χ3n) is 1.84. The molecular formula is C9H12ClNS. The smallest absolute Gasteiger partial charge is 0.0410 e. The van der Waals surface area contributed by atoms with Crippen molar-refractivity contribution < 1.29 is 0 Å². The highest BCUT2D eigenvalue weighted by atomic mass is 35.5. The average Bonchev–Trinajstić information content (AvgIpc) is 2.08. The molecule has 1 atom stereocenters. The summed E-state index contributed by atoms with van der Waals surface area (Å²) in [5, 5.41) is 1.16. The molecule has 12 heavy (non-hydrogen) atoms. The number of halogens is 1. The molecular weight excluding hydrogens is 190 g/mol. The van der Waals surface area contributed by atoms with Gasteiger partial charge in [-0.1, -0.05) is 11.6 Å². The molecule has 1 aromatic rings. The van der Waals surface area contributed by atoms with Gasteiger partial charge in [0.25, 0.3) is 0 Å². The molecule has 0 amide bonds. The number of nitrogen functional groups attached to an aromatic ring is 1. The van der Waals surface area contributed by atoms with Crippen LogP contribution in [0.4, 0.5) is 5.69 Å². The first kappa shape index (κ1) is 9.75. The second-order valence-electron chi connectivity index (χ2n) is 2.65. The summed E-state index contributed by atoms with van der Waals surface area (Å²) in [6.45, 7) is 2.12. The summed E-state index contributed by atoms with van der Waals surface area (Å²) in [7, 11) is 0. The highest BCUT2D eigenvalue weighted by Crippen LogP contribution is 2.31. The van der Waals surface area contributed by atoms with Gasteiger partial charge in [0, 0.05) is 16.0 Å². The Bertz CT molecular complexity index is 275. The summed E-state index contributed by atoms with van der Waals surface area (Å²) in [5.74, 6) is 0. The predicted molar refractivity (Wildman–Crippen MR) is 57.8 cm³/mol. The quantitative estimate of drug-likeness (QED) is 0.743. The van der Waals surface area contributed by atoms with Crippen LogP contribution in [0.25, 0.3) is 0 Å². The van der Waals surface area contributed by atoms with Crippen LogP contribution < -0.4 is 5.73 Å². The van der Waals surface area contributed by atoms with Crippen molar-refractivity contribution >= 4 is 29.1 Å². The van der Waals surface area contributed by atoms with Crippen molar-refractivity contribution in [2.45, 2.75) is 12.2 Å². The van der Waals surface area contributed by atoms with E-state index in [1.165, 1.54) is 0 Å². The normalized spacial score (nSPS) is 12.9. The first-order chi connectivity index (χ1) is 5.65. The van der Waals surface area contributed by atoms with Gasteiger partial charge in [-0.3, -0.25) is 0 Å². The Morgan fingerprint density at radius 3 is 2.75 bits per heavy atom. The summed E-state index contributed by atoms with van der Waals surface area (Å²) < 4.78 is 0. The molecule has 0 bridgehead atoms. The van der Waals surface area contributed by atoms with Gasteiger partial charge in [0.1, 0.15) is 0 Å². The van der Waals surface area contributed by atoms with Crippen LogP contribution in [0.3, 0.4) is 0 Å². The third kappa shape index (κ3) is 2.08. The van der Waals surface area contributed by atoms with E-state index >= 15 is 0 Å². The van der Waals surface area contributed by atoms with E-state index in [1.54, 1.807) is 11.8 Å². The summed E-state index contributed by atoms with van der Waals surface area (Å²) >= 11 is 7.62. The molecule has 0 aliphatic carbocycles. The number of hydrogen-bond donors (Lipinski definition) is 1. The lowest BCUT2D eigenvalue weighted by Gasteiger charge is -2.11. The van der Waals surface area contributed by atoms with Crippen LogP contribution in [0.1, 0.15) is 17.7 Å². The minimum absolute atomic E-state index is 0.406. The molecule has 0 aliphatic heterocycles. The highest BCUT2D eigenvalue weighted by molar-refractivity contribution is 7.98. The Morgan fingerprint density at radius 2 is 2.17 bits per heavy atom. The van der Waals surface area contributed by atoms with Gasteiger partial charge in [0.15, 0.2) is 0 Å². The maximum atomic E-state index is 5.85. The van der Waals surface area contributed by atoms with Gasteiger partial charge in [-0.25, -0.2) is 0 Å². The van der Waals surface area contributed by atoms with Crippen molar-refractivity contribution in [1.82, 2.24) is 0 Å². The topological polar surface area (TPSA) is 26.0 Å². The molecule has 0 saturated heterocycles. The first-order valence-electron chi connectivity index (χ1n) is 3.73. The summed E-state index contributed by atoms with van der Waals surface area (Å²) in [5.41, 5.74) is 7.73. The molecule has 2 N–H and O–H groups in total. The van der Waals surface area contributed by atoms with Crippen molar-refractivity contribution in [2.75, 3.05) is 12.0 Å². The van der Waals surface area contributed by atoms with E-state index in [1.807, 2.05) is 18.2 Å². The van der Waals surface area contributed by atoms with Gasteiger partial charge >= 0.3 is 0 Å². The molecule has 1 aromatic carbocycles. The van der Waals surface area contributed by atoms with Crippen LogP contribution in [0.5, 0.6) is 0 Å². The van der Waals surface area contributed by atoms with Crippen LogP contribution >= 0.6 is 23.4 Å². The number of anilines is 1. The van der Waals surface area contributed by atoms with Crippen LogP contribution in [0.2, 0.25) is 5.02 Å². The van der Waals surface area contributed by atoms with Crippen molar-refractivity contribution in [3.63, 3.8) is 0 Å². The van der Waals surface area contributed by atoms with E-state index in [2.05, 4.69) is 13.2 Å². The van der Waals surface area contributed by atoms with E-state index in [-0.39, 0.29) is 0 Å². The van der Waals surface area contributed by atoms with E-state index in [9.17, 15) is 0 Å². The van der Waals surface area contributed by atoms with Crippen LogP contribution in [0.15, 0.2) is 18.2 Å². The summed E-state index contributed by atoms with van der Waals surface area (Å²) in [6, 6.07) is 5.59. The molecule has 0 aromatic heterocycles. The highest BCUT2D eigenvalue weighted by Gasteiger charge is 2.07. The molecule has 0 saturated carbocycles. The maximum absolute atomic E-state index is 5.85. The van der Waals surface area contributed by atoms with Crippen LogP contribution in [0, 0.1) is 0 Å². The van der Waals surface area contributed by atoms with Crippen molar-refractivity contribution in [2.24, 2.45) is 0 Å². The number of hydrogen-bond acceptors (Lipinski definition) is 2. The van der Waals surface area contributed by atoms with Crippen LogP contribution in [-0.4, -0.2) is 6.26 Å². The van der Waals surface area contributed by atoms with Gasteiger partial charge in [0.05, 0.1) is 0 Å². The van der Waals surface area contributed by atoms with E-state index in [0.717, 1.165) is 16.3 Å². The zero-order chi connectivity index (χ0) is 9.14. The summed E-state index contributed by atoms with van der Waals surface area (Å²) in [6.07, 6.45) is 2.06. The Balaban J connectivity index is 3.04. The molecule has 66 valence electrons. The van der Waals surface area contributed by atoms with Gasteiger partial charge < -0.3 is 5.73 Å². The van der Waals surface area contributed by atoms with Gasteiger partial charge in [0.2, 0.25) is 0 Å². The second kappa shape index (κ2) is 4.06. The number of nitrogens with two attached hydrogens (primary N) is 1. The lowest BCUT2D eigenvalue weighted by molar-refractivity contribution is 1.11. The predicted octanol–water partition coefficient (Wildman–Crippen LogP) is 3.35. The van der Waals surface area contributed by atoms with Gasteiger partial charge in [-0.2, -0.15) is 11.8 Å². The average molecular weight is 202 g/mol. The number of thioether (sulfide) groups is 1. The fourth-order valence-electron chi connectivity index (χ4n) is 1.02. The van der Waals surface area contributed by atoms with E-state index < -0.39 is 0 Å². The molecule has 1 rings (SSSR count). The minimum Gasteiger partial charge on any atom is -0.398 e. The first-order valence-corrected chi connectivity index (χ1v) is 5.39. The lowest BCUT2D eigenvalue weighted by atomic mass is 10.1. The minimum atomic E-state index is 0.406. The Labute approximate surface area is 82.3 Å². The van der Waals surface area contributed by atoms with Crippen LogP contribution in [-0.2, 0) is 0 Å². The van der Waals surface area contributed by atoms with Gasteiger partial charge in [-0.05, 0) is 36.9 Å². The number of benzene rings is 1. The molecule has 1 nitrogen and oxygen atoms in total. The molecule has 0 aliphatic rings. The fourth-order valence-corrected chi connectivity index (χ4v) is 1.66. The zero-order valence-electron chi connectivity index (χ0n) is 7.17. The van der Waals surface area contributed by atoms with Crippen molar-refractivity contribution in [3.8, 4) is 0 Å². The molecule has 3 heteroatoms. The summed E-state index contributed by atoms with van der Waals surface area (Å²) in [4.78, 5) is 0. The fraction of sp³-hybridized carbons (Fsp3) is 0.333. The molecule has 0 heterocycles. The van der Waals surface area contributed by atoms with E-state index in [4.69, 9.17) is 17.3 Å². The van der Waals surface area contributed by atoms with Gasteiger partial charge in [-0.15, -0.1) is 0 Å². The molecule has 0 radical (unpaired) electrons. The monoisotopic (exact) mass is 201 g/mol. The lowest BCUT2D eigenvalue weighted by Crippen LogP contribution is -1.95.